The third kappa shape index (κ3) is 3.54. The summed E-state index contributed by atoms with van der Waals surface area (Å²) in [5, 5.41) is 4.06. The fourth-order valence-corrected chi connectivity index (χ4v) is 3.40. The highest BCUT2D eigenvalue weighted by Gasteiger charge is 2.31. The number of ether oxygens (including phenoxy) is 1. The maximum absolute atomic E-state index is 12.0. The zero-order valence-corrected chi connectivity index (χ0v) is 15.0. The number of primary amides is 1. The number of methoxy groups -OCH3 is 1. The molecule has 1 aromatic heterocycles. The van der Waals surface area contributed by atoms with E-state index in [1.54, 1.807) is 7.11 Å². The van der Waals surface area contributed by atoms with Gasteiger partial charge in [0.05, 0.1) is 19.7 Å². The molecule has 0 radical (unpaired) electrons. The minimum absolute atomic E-state index is 0.350. The molecule has 0 aliphatic carbocycles. The van der Waals surface area contributed by atoms with Gasteiger partial charge in [0.15, 0.2) is 0 Å². The van der Waals surface area contributed by atoms with Crippen molar-refractivity contribution in [2.75, 3.05) is 7.11 Å². The monoisotopic (exact) mass is 364 g/mol. The number of hydrogen-bond acceptors (Lipinski definition) is 6. The van der Waals surface area contributed by atoms with Gasteiger partial charge in [-0.15, -0.1) is 0 Å². The van der Waals surface area contributed by atoms with Crippen LogP contribution >= 0.6 is 0 Å². The largest absolute Gasteiger partial charge is 0.497 e. The Morgan fingerprint density at radius 1 is 1.26 bits per heavy atom. The lowest BCUT2D eigenvalue weighted by Gasteiger charge is -2.33. The Bertz CT molecular complexity index is 969. The van der Waals surface area contributed by atoms with E-state index in [0.717, 1.165) is 16.9 Å². The molecule has 1 aliphatic heterocycles. The number of hydrogen-bond donors (Lipinski definition) is 1. The second-order valence-electron chi connectivity index (χ2n) is 6.54. The number of nitrogens with zero attached hydrogens (tertiary/aromatic N) is 3. The van der Waals surface area contributed by atoms with Crippen LogP contribution in [0.15, 0.2) is 53.1 Å². The molecule has 1 aliphatic rings. The molecule has 0 saturated carbocycles. The summed E-state index contributed by atoms with van der Waals surface area (Å²) in [4.78, 5) is 18.4. The highest BCUT2D eigenvalue weighted by Crippen LogP contribution is 2.26. The maximum Gasteiger partial charge on any atom is 0.241 e. The molecule has 2 N–H and O–H groups in total. The average Bonchev–Trinajstić information content (AvgIpc) is 3.16. The number of fused-ring (bicyclic) bond motifs is 1. The maximum atomic E-state index is 12.0. The fraction of sp³-hybridized carbons (Fsp3) is 0.250. The molecule has 7 nitrogen and oxygen atoms in total. The Morgan fingerprint density at radius 2 is 2.07 bits per heavy atom. The first-order valence-electron chi connectivity index (χ1n) is 8.71. The Morgan fingerprint density at radius 3 is 2.85 bits per heavy atom. The van der Waals surface area contributed by atoms with Gasteiger partial charge >= 0.3 is 0 Å². The lowest BCUT2D eigenvalue weighted by atomic mass is 9.93. The smallest absolute Gasteiger partial charge is 0.241 e. The highest BCUT2D eigenvalue weighted by atomic mass is 16.5. The molecule has 0 bridgehead atoms. The molecule has 1 atom stereocenters. The van der Waals surface area contributed by atoms with Crippen LogP contribution in [0.4, 0.5) is 0 Å². The van der Waals surface area contributed by atoms with E-state index in [0.29, 0.717) is 31.2 Å². The van der Waals surface area contributed by atoms with E-state index in [-0.39, 0.29) is 5.91 Å². The van der Waals surface area contributed by atoms with Crippen molar-refractivity contribution >= 4 is 5.91 Å². The summed E-state index contributed by atoms with van der Waals surface area (Å²) >= 11 is 0. The van der Waals surface area contributed by atoms with Gasteiger partial charge in [-0.1, -0.05) is 41.6 Å². The molecule has 3 aromatic rings. The van der Waals surface area contributed by atoms with Crippen molar-refractivity contribution in [3.05, 3.63) is 65.5 Å². The highest BCUT2D eigenvalue weighted by molar-refractivity contribution is 5.80. The van der Waals surface area contributed by atoms with Gasteiger partial charge in [0.1, 0.15) is 5.75 Å². The Labute approximate surface area is 156 Å². The molecule has 0 saturated heterocycles. The molecule has 0 unspecified atom stereocenters. The van der Waals surface area contributed by atoms with Crippen molar-refractivity contribution in [2.24, 2.45) is 5.73 Å². The Hall–Kier alpha value is -3.19. The zero-order valence-electron chi connectivity index (χ0n) is 15.0. The van der Waals surface area contributed by atoms with Crippen LogP contribution in [0.2, 0.25) is 0 Å². The number of carbonyl (C=O) groups is 1. The number of carbonyl (C=O) groups excluding carboxylic acids is 1. The van der Waals surface area contributed by atoms with Gasteiger partial charge in [-0.25, -0.2) is 0 Å². The molecule has 2 aromatic carbocycles. The lowest BCUT2D eigenvalue weighted by Crippen LogP contribution is -2.48. The number of aromatic nitrogens is 2. The summed E-state index contributed by atoms with van der Waals surface area (Å²) in [6.07, 6.45) is 0.586. The summed E-state index contributed by atoms with van der Waals surface area (Å²) in [7, 11) is 1.61. The molecule has 0 fully saturated rings. The van der Waals surface area contributed by atoms with Gasteiger partial charge < -0.3 is 15.0 Å². The molecule has 0 spiro atoms. The van der Waals surface area contributed by atoms with Crippen molar-refractivity contribution in [3.8, 4) is 17.1 Å². The summed E-state index contributed by atoms with van der Waals surface area (Å²) in [5.41, 5.74) is 8.78. The topological polar surface area (TPSA) is 94.5 Å². The first-order valence-corrected chi connectivity index (χ1v) is 8.71. The van der Waals surface area contributed by atoms with Crippen molar-refractivity contribution in [1.82, 2.24) is 15.0 Å². The van der Waals surface area contributed by atoms with Crippen molar-refractivity contribution in [2.45, 2.75) is 25.6 Å². The van der Waals surface area contributed by atoms with E-state index in [1.807, 2.05) is 47.4 Å². The van der Waals surface area contributed by atoms with Gasteiger partial charge in [-0.05, 0) is 29.7 Å². The average molecular weight is 364 g/mol. The van der Waals surface area contributed by atoms with Gasteiger partial charge in [-0.2, -0.15) is 4.98 Å². The summed E-state index contributed by atoms with van der Waals surface area (Å²) < 4.78 is 10.6. The number of amides is 1. The number of benzene rings is 2. The standard InChI is InChI=1S/C20H20N4O3/c1-26-16-8-4-7-14(9-16)20-22-18(27-23-20)12-24-11-15-6-3-2-5-13(15)10-17(24)19(21)25/h2-9,17H,10-12H2,1H3,(H2,21,25)/t17-/m0/s1. The molecule has 138 valence electrons. The van der Waals surface area contributed by atoms with Crippen molar-refractivity contribution in [3.63, 3.8) is 0 Å². The van der Waals surface area contributed by atoms with E-state index >= 15 is 0 Å². The summed E-state index contributed by atoms with van der Waals surface area (Å²) in [6, 6.07) is 15.1. The van der Waals surface area contributed by atoms with E-state index in [9.17, 15) is 4.79 Å². The van der Waals surface area contributed by atoms with Crippen LogP contribution < -0.4 is 10.5 Å². The van der Waals surface area contributed by atoms with E-state index < -0.39 is 6.04 Å². The first kappa shape index (κ1) is 17.2. The molecule has 4 rings (SSSR count). The third-order valence-corrected chi connectivity index (χ3v) is 4.81. The van der Waals surface area contributed by atoms with Crippen molar-refractivity contribution in [1.29, 1.82) is 0 Å². The van der Waals surface area contributed by atoms with Crippen LogP contribution in [-0.2, 0) is 24.3 Å². The van der Waals surface area contributed by atoms with Crippen LogP contribution in [0, 0.1) is 0 Å². The fourth-order valence-electron chi connectivity index (χ4n) is 3.40. The molecule has 27 heavy (non-hydrogen) atoms. The van der Waals surface area contributed by atoms with Gasteiger partial charge in [0.25, 0.3) is 0 Å². The molecule has 2 heterocycles. The molecule has 7 heteroatoms. The van der Waals surface area contributed by atoms with Crippen LogP contribution in [0.1, 0.15) is 17.0 Å². The van der Waals surface area contributed by atoms with E-state index in [1.165, 1.54) is 5.56 Å². The second kappa shape index (κ2) is 7.20. The lowest BCUT2D eigenvalue weighted by molar-refractivity contribution is -0.124. The third-order valence-electron chi connectivity index (χ3n) is 4.81. The Balaban J connectivity index is 1.56. The van der Waals surface area contributed by atoms with Crippen molar-refractivity contribution < 1.29 is 14.1 Å². The summed E-state index contributed by atoms with van der Waals surface area (Å²) in [5.74, 6) is 1.30. The predicted octanol–water partition coefficient (Wildman–Crippen LogP) is 2.16. The minimum Gasteiger partial charge on any atom is -0.497 e. The second-order valence-corrected chi connectivity index (χ2v) is 6.54. The van der Waals surface area contributed by atoms with Gasteiger partial charge in [0, 0.05) is 12.1 Å². The van der Waals surface area contributed by atoms with Crippen LogP contribution in [0.5, 0.6) is 5.75 Å². The van der Waals surface area contributed by atoms with E-state index in [4.69, 9.17) is 15.0 Å². The Kier molecular flexibility index (Phi) is 4.60. The quantitative estimate of drug-likeness (QED) is 0.745. The van der Waals surface area contributed by atoms with Crippen LogP contribution in [0.25, 0.3) is 11.4 Å². The molecular formula is C20H20N4O3. The number of nitrogens with two attached hydrogens (primary N) is 1. The minimum atomic E-state index is -0.396. The molecule has 1 amide bonds. The van der Waals surface area contributed by atoms with E-state index in [2.05, 4.69) is 16.2 Å². The zero-order chi connectivity index (χ0) is 18.8. The van der Waals surface area contributed by atoms with Gasteiger partial charge in [-0.3, -0.25) is 9.69 Å². The van der Waals surface area contributed by atoms with Crippen LogP contribution in [-0.4, -0.2) is 34.1 Å². The predicted molar refractivity (Wildman–Crippen MR) is 98.7 cm³/mol. The number of rotatable bonds is 5. The normalized spacial score (nSPS) is 16.7. The van der Waals surface area contributed by atoms with Crippen LogP contribution in [0.3, 0.4) is 0 Å². The SMILES string of the molecule is COc1cccc(-c2noc(CN3Cc4ccccc4C[C@H]3C(N)=O)n2)c1. The molecular weight excluding hydrogens is 344 g/mol. The van der Waals surface area contributed by atoms with Gasteiger partial charge in [0.2, 0.25) is 17.6 Å². The first-order chi connectivity index (χ1) is 13.1. The summed E-state index contributed by atoms with van der Waals surface area (Å²) in [6.45, 7) is 0.972.